The number of phenolic OH excluding ortho intramolecular Hbond substituents is 1. The predicted molar refractivity (Wildman–Crippen MR) is 111 cm³/mol. The standard InChI is InChI=1S/C19H19N5O8S/c20-9-4-5-21-17-14(9)22-12-6-8-2-1-3-10(25)13(8)18(28)23-33(29,30)31-7-11-15(26)16(27)19(32-11)24(12)17/h1-5,11,15-16,19,25-27H,6-7H2,(H2,20,21)(H,23,28)/t11-,15-,16-,19-/m1/s1. The van der Waals surface area contributed by atoms with Crippen molar-refractivity contribution in [2.45, 2.75) is 31.0 Å². The van der Waals surface area contributed by atoms with E-state index in [1.54, 1.807) is 4.72 Å². The molecule has 0 unspecified atom stereocenters. The molecule has 0 aliphatic carbocycles. The number of aromatic nitrogens is 3. The minimum atomic E-state index is -4.63. The van der Waals surface area contributed by atoms with Gasteiger partial charge in [-0.05, 0) is 17.7 Å². The van der Waals surface area contributed by atoms with Crippen LogP contribution in [0.2, 0.25) is 0 Å². The average Bonchev–Trinajstić information content (AvgIpc) is 3.24. The number of amides is 1. The van der Waals surface area contributed by atoms with E-state index in [-0.39, 0.29) is 29.0 Å². The zero-order chi connectivity index (χ0) is 23.5. The molecule has 1 aromatic carbocycles. The summed E-state index contributed by atoms with van der Waals surface area (Å²) in [6.07, 6.45) is -4.11. The third kappa shape index (κ3) is 3.57. The SMILES string of the molecule is Nc1ccnc2c1nc1n2[C@@H]2O[C@H](COS(=O)(=O)NC(=O)c3c(O)cccc3C1)[C@@H](O)[C@H]2O. The Hall–Kier alpha value is -3.30. The molecule has 2 bridgehead atoms. The Morgan fingerprint density at radius 3 is 2.79 bits per heavy atom. The van der Waals surface area contributed by atoms with Gasteiger partial charge in [-0.3, -0.25) is 13.5 Å². The van der Waals surface area contributed by atoms with Gasteiger partial charge >= 0.3 is 10.3 Å². The molecule has 4 atom stereocenters. The molecule has 2 aromatic heterocycles. The molecule has 1 fully saturated rings. The van der Waals surface area contributed by atoms with Crippen LogP contribution in [0.4, 0.5) is 5.69 Å². The third-order valence-corrected chi connectivity index (χ3v) is 6.47. The number of hydrogen-bond donors (Lipinski definition) is 5. The summed E-state index contributed by atoms with van der Waals surface area (Å²) in [5.41, 5.74) is 6.83. The first-order valence-electron chi connectivity index (χ1n) is 9.81. The molecule has 0 spiro atoms. The summed E-state index contributed by atoms with van der Waals surface area (Å²) in [6.45, 7) is -0.692. The van der Waals surface area contributed by atoms with E-state index in [1.165, 1.54) is 35.0 Å². The normalized spacial score (nSPS) is 27.0. The number of imidazole rings is 1. The molecule has 2 aliphatic heterocycles. The number of anilines is 1. The van der Waals surface area contributed by atoms with E-state index in [9.17, 15) is 28.5 Å². The van der Waals surface area contributed by atoms with Crippen molar-refractivity contribution in [3.63, 3.8) is 0 Å². The van der Waals surface area contributed by atoms with Crippen LogP contribution in [0.15, 0.2) is 30.5 Å². The summed E-state index contributed by atoms with van der Waals surface area (Å²) in [4.78, 5) is 21.5. The molecule has 0 saturated carbocycles. The van der Waals surface area contributed by atoms with Crippen LogP contribution >= 0.6 is 0 Å². The Kier molecular flexibility index (Phi) is 4.98. The second kappa shape index (κ2) is 7.64. The van der Waals surface area contributed by atoms with Crippen molar-refractivity contribution in [2.24, 2.45) is 0 Å². The van der Waals surface area contributed by atoms with Gasteiger partial charge in [-0.1, -0.05) is 12.1 Å². The van der Waals surface area contributed by atoms with Gasteiger partial charge in [-0.15, -0.1) is 0 Å². The number of nitrogens with two attached hydrogens (primary N) is 1. The maximum absolute atomic E-state index is 12.7. The van der Waals surface area contributed by atoms with Gasteiger partial charge in [0.15, 0.2) is 11.9 Å². The number of aliphatic hydroxyl groups excluding tert-OH is 2. The number of nitrogens with zero attached hydrogens (tertiary/aromatic N) is 3. The number of rotatable bonds is 0. The molecule has 6 N–H and O–H groups in total. The van der Waals surface area contributed by atoms with Gasteiger partial charge in [0.1, 0.15) is 35.4 Å². The van der Waals surface area contributed by atoms with Crippen LogP contribution in [0.25, 0.3) is 11.2 Å². The summed E-state index contributed by atoms with van der Waals surface area (Å²) in [5.74, 6) is -1.33. The van der Waals surface area contributed by atoms with Crippen molar-refractivity contribution in [2.75, 3.05) is 12.3 Å². The zero-order valence-electron chi connectivity index (χ0n) is 16.8. The van der Waals surface area contributed by atoms with Gasteiger partial charge in [0.2, 0.25) is 0 Å². The van der Waals surface area contributed by atoms with E-state index in [1.807, 2.05) is 0 Å². The summed E-state index contributed by atoms with van der Waals surface area (Å²) in [6, 6.07) is 5.76. The Balaban J connectivity index is 1.75. The number of aromatic hydroxyl groups is 1. The third-order valence-electron chi connectivity index (χ3n) is 5.58. The summed E-state index contributed by atoms with van der Waals surface area (Å²) in [7, 11) is -4.63. The van der Waals surface area contributed by atoms with Gasteiger partial charge < -0.3 is 25.8 Å². The predicted octanol–water partition coefficient (Wildman–Crippen LogP) is -1.07. The zero-order valence-corrected chi connectivity index (χ0v) is 17.6. The number of carbonyl (C=O) groups excluding carboxylic acids is 1. The van der Waals surface area contributed by atoms with Crippen molar-refractivity contribution in [3.8, 4) is 5.75 Å². The maximum atomic E-state index is 12.7. The number of pyridine rings is 1. The number of carbonyl (C=O) groups is 1. The van der Waals surface area contributed by atoms with E-state index >= 15 is 0 Å². The van der Waals surface area contributed by atoms with Crippen LogP contribution in [-0.2, 0) is 25.6 Å². The minimum absolute atomic E-state index is 0.0960. The van der Waals surface area contributed by atoms with E-state index < -0.39 is 53.1 Å². The van der Waals surface area contributed by atoms with Gasteiger partial charge in [0.05, 0.1) is 17.9 Å². The number of phenols is 1. The number of aliphatic hydroxyl groups is 2. The van der Waals surface area contributed by atoms with Crippen molar-refractivity contribution >= 4 is 33.1 Å². The van der Waals surface area contributed by atoms with Crippen LogP contribution < -0.4 is 10.5 Å². The largest absolute Gasteiger partial charge is 0.507 e. The highest BCUT2D eigenvalue weighted by Gasteiger charge is 2.46. The highest BCUT2D eigenvalue weighted by atomic mass is 32.2. The van der Waals surface area contributed by atoms with Gasteiger partial charge in [-0.2, -0.15) is 8.42 Å². The molecule has 14 heteroatoms. The highest BCUT2D eigenvalue weighted by Crippen LogP contribution is 2.35. The first-order chi connectivity index (χ1) is 15.7. The summed E-state index contributed by atoms with van der Waals surface area (Å²) >= 11 is 0. The fourth-order valence-corrected chi connectivity index (χ4v) is 4.74. The van der Waals surface area contributed by atoms with Crippen molar-refractivity contribution < 1.29 is 37.5 Å². The van der Waals surface area contributed by atoms with E-state index in [2.05, 4.69) is 9.97 Å². The summed E-state index contributed by atoms with van der Waals surface area (Å²) in [5, 5.41) is 31.5. The molecule has 3 aromatic rings. The molecule has 5 rings (SSSR count). The lowest BCUT2D eigenvalue weighted by atomic mass is 10.0. The van der Waals surface area contributed by atoms with Crippen LogP contribution in [0, 0.1) is 0 Å². The minimum Gasteiger partial charge on any atom is -0.507 e. The van der Waals surface area contributed by atoms with E-state index in [0.29, 0.717) is 11.2 Å². The van der Waals surface area contributed by atoms with E-state index in [4.69, 9.17) is 14.7 Å². The van der Waals surface area contributed by atoms with Crippen molar-refractivity contribution in [1.82, 2.24) is 19.3 Å². The molecule has 4 heterocycles. The molecule has 1 saturated heterocycles. The lowest BCUT2D eigenvalue weighted by molar-refractivity contribution is -0.0479. The maximum Gasteiger partial charge on any atom is 0.362 e. The number of nitrogen functional groups attached to an aromatic ring is 1. The Bertz CT molecular complexity index is 1370. The van der Waals surface area contributed by atoms with Crippen molar-refractivity contribution in [3.05, 3.63) is 47.4 Å². The number of fused-ring (bicyclic) bond motifs is 7. The molecule has 13 nitrogen and oxygen atoms in total. The Morgan fingerprint density at radius 1 is 1.21 bits per heavy atom. The van der Waals surface area contributed by atoms with Crippen LogP contribution in [0.1, 0.15) is 28.0 Å². The monoisotopic (exact) mass is 477 g/mol. The first kappa shape index (κ1) is 21.5. The smallest absolute Gasteiger partial charge is 0.362 e. The van der Waals surface area contributed by atoms with Gasteiger partial charge in [-0.25, -0.2) is 14.7 Å². The number of benzene rings is 1. The van der Waals surface area contributed by atoms with Gasteiger partial charge in [0, 0.05) is 12.6 Å². The lowest BCUT2D eigenvalue weighted by Crippen LogP contribution is -2.38. The van der Waals surface area contributed by atoms with E-state index in [0.717, 1.165) is 0 Å². The molecular weight excluding hydrogens is 458 g/mol. The topological polar surface area (TPSA) is 199 Å². The fourth-order valence-electron chi connectivity index (χ4n) is 4.04. The molecule has 174 valence electrons. The fraction of sp³-hybridized carbons (Fsp3) is 0.316. The molecular formula is C19H19N5O8S. The molecule has 0 radical (unpaired) electrons. The molecule has 33 heavy (non-hydrogen) atoms. The highest BCUT2D eigenvalue weighted by molar-refractivity contribution is 7.85. The quantitative estimate of drug-likeness (QED) is 0.264. The second-order valence-electron chi connectivity index (χ2n) is 7.67. The first-order valence-corrected chi connectivity index (χ1v) is 11.2. The van der Waals surface area contributed by atoms with Crippen molar-refractivity contribution in [1.29, 1.82) is 0 Å². The van der Waals surface area contributed by atoms with Crippen LogP contribution in [0.3, 0.4) is 0 Å². The van der Waals surface area contributed by atoms with Crippen LogP contribution in [0.5, 0.6) is 5.75 Å². The Labute approximate surface area is 186 Å². The lowest BCUT2D eigenvalue weighted by Gasteiger charge is -2.20. The number of nitrogens with one attached hydrogen (secondary N) is 1. The second-order valence-corrected chi connectivity index (χ2v) is 9.02. The average molecular weight is 477 g/mol. The number of ether oxygens (including phenoxy) is 1. The summed E-state index contributed by atoms with van der Waals surface area (Å²) < 4.78 is 38.2. The van der Waals surface area contributed by atoms with Gasteiger partial charge in [0.25, 0.3) is 5.91 Å². The number of hydrogen-bond acceptors (Lipinski definition) is 11. The molecule has 2 aliphatic rings. The molecule has 1 amide bonds. The van der Waals surface area contributed by atoms with Crippen LogP contribution in [-0.4, -0.2) is 69.1 Å². The Morgan fingerprint density at radius 2 is 2.00 bits per heavy atom.